The molecule has 20 heavy (non-hydrogen) atoms. The van der Waals surface area contributed by atoms with Gasteiger partial charge in [-0.15, -0.1) is 12.4 Å². The van der Waals surface area contributed by atoms with E-state index in [-0.39, 0.29) is 24.4 Å². The normalized spacial score (nSPS) is 34.5. The van der Waals surface area contributed by atoms with Crippen LogP contribution in [0.5, 0.6) is 0 Å². The van der Waals surface area contributed by atoms with Crippen molar-refractivity contribution in [1.29, 1.82) is 0 Å². The molecule has 0 aromatic carbocycles. The van der Waals surface area contributed by atoms with E-state index in [9.17, 15) is 9.59 Å². The van der Waals surface area contributed by atoms with Gasteiger partial charge < -0.3 is 15.5 Å². The van der Waals surface area contributed by atoms with Crippen molar-refractivity contribution in [2.75, 3.05) is 45.8 Å². The van der Waals surface area contributed by atoms with Crippen molar-refractivity contribution in [2.24, 2.45) is 5.41 Å². The number of carbonyl (C=O) groups excluding carboxylic acids is 2. The first kappa shape index (κ1) is 15.5. The molecular weight excluding hydrogens is 280 g/mol. The molecule has 3 heterocycles. The third-order valence-corrected chi connectivity index (χ3v) is 4.58. The van der Waals surface area contributed by atoms with Crippen LogP contribution in [0.25, 0.3) is 0 Å². The zero-order chi connectivity index (χ0) is 13.5. The summed E-state index contributed by atoms with van der Waals surface area (Å²) < 4.78 is 0. The Balaban J connectivity index is 0.00000147. The molecule has 3 aliphatic heterocycles. The van der Waals surface area contributed by atoms with Gasteiger partial charge in [-0.2, -0.15) is 0 Å². The van der Waals surface area contributed by atoms with Gasteiger partial charge in [0.2, 0.25) is 0 Å². The molecule has 2 unspecified atom stereocenters. The Labute approximate surface area is 125 Å². The fraction of sp³-hybridized carbons (Fsp3) is 0.846. The minimum Gasteiger partial charge on any atom is -0.346 e. The van der Waals surface area contributed by atoms with E-state index in [1.54, 1.807) is 4.90 Å². The highest BCUT2D eigenvalue weighted by Crippen LogP contribution is 2.27. The first-order chi connectivity index (χ1) is 9.07. The molecule has 3 saturated heterocycles. The summed E-state index contributed by atoms with van der Waals surface area (Å²) in [6.45, 7) is 8.62. The van der Waals surface area contributed by atoms with E-state index in [0.717, 1.165) is 32.7 Å². The first-order valence-electron chi connectivity index (χ1n) is 7.09. The third-order valence-electron chi connectivity index (χ3n) is 4.58. The second-order valence-electron chi connectivity index (χ2n) is 6.33. The Hall–Kier alpha value is -0.850. The van der Waals surface area contributed by atoms with Gasteiger partial charge in [0.15, 0.2) is 0 Å². The van der Waals surface area contributed by atoms with Crippen molar-refractivity contribution in [3.63, 3.8) is 0 Å². The Kier molecular flexibility index (Phi) is 4.56. The Morgan fingerprint density at radius 1 is 1.35 bits per heavy atom. The SMILES string of the molecule is CC1(CN2CCN3C(=O)C(=O)NCC3C2)CCNC1.Cl. The third kappa shape index (κ3) is 2.92. The highest BCUT2D eigenvalue weighted by atomic mass is 35.5. The van der Waals surface area contributed by atoms with Crippen LogP contribution in [-0.4, -0.2) is 73.5 Å². The van der Waals surface area contributed by atoms with Gasteiger partial charge in [0, 0.05) is 39.3 Å². The van der Waals surface area contributed by atoms with Crippen LogP contribution in [0.1, 0.15) is 13.3 Å². The lowest BCUT2D eigenvalue weighted by molar-refractivity contribution is -0.152. The van der Waals surface area contributed by atoms with Crippen LogP contribution in [0.4, 0.5) is 0 Å². The van der Waals surface area contributed by atoms with Gasteiger partial charge in [0.05, 0.1) is 6.04 Å². The number of nitrogens with one attached hydrogen (secondary N) is 2. The lowest BCUT2D eigenvalue weighted by atomic mass is 9.88. The molecule has 3 aliphatic rings. The molecule has 0 aromatic rings. The fourth-order valence-corrected chi connectivity index (χ4v) is 3.47. The molecular formula is C13H23ClN4O2. The van der Waals surface area contributed by atoms with Gasteiger partial charge in [-0.25, -0.2) is 0 Å². The lowest BCUT2D eigenvalue weighted by Gasteiger charge is -2.45. The second-order valence-corrected chi connectivity index (χ2v) is 6.33. The Morgan fingerprint density at radius 2 is 2.15 bits per heavy atom. The zero-order valence-electron chi connectivity index (χ0n) is 11.9. The number of nitrogens with zero attached hydrogens (tertiary/aromatic N) is 2. The maximum absolute atomic E-state index is 11.8. The maximum Gasteiger partial charge on any atom is 0.312 e. The highest BCUT2D eigenvalue weighted by molar-refractivity contribution is 6.35. The molecule has 2 N–H and O–H groups in total. The average Bonchev–Trinajstić information content (AvgIpc) is 2.80. The summed E-state index contributed by atoms with van der Waals surface area (Å²) in [4.78, 5) is 27.3. The van der Waals surface area contributed by atoms with Crippen molar-refractivity contribution >= 4 is 24.2 Å². The van der Waals surface area contributed by atoms with Crippen molar-refractivity contribution in [2.45, 2.75) is 19.4 Å². The van der Waals surface area contributed by atoms with Gasteiger partial charge in [0.1, 0.15) is 0 Å². The summed E-state index contributed by atoms with van der Waals surface area (Å²) in [5.41, 5.74) is 0.351. The smallest absolute Gasteiger partial charge is 0.312 e. The number of piperazine rings is 2. The monoisotopic (exact) mass is 302 g/mol. The van der Waals surface area contributed by atoms with E-state index in [4.69, 9.17) is 0 Å². The molecule has 0 saturated carbocycles. The van der Waals surface area contributed by atoms with Crippen LogP contribution in [0.3, 0.4) is 0 Å². The molecule has 0 aromatic heterocycles. The number of fused-ring (bicyclic) bond motifs is 1. The molecule has 0 bridgehead atoms. The Morgan fingerprint density at radius 3 is 2.85 bits per heavy atom. The van der Waals surface area contributed by atoms with Crippen LogP contribution in [0.2, 0.25) is 0 Å². The summed E-state index contributed by atoms with van der Waals surface area (Å²) in [6, 6.07) is 0.150. The molecule has 0 aliphatic carbocycles. The fourth-order valence-electron chi connectivity index (χ4n) is 3.47. The number of halogens is 1. The summed E-state index contributed by atoms with van der Waals surface area (Å²) in [5.74, 6) is -0.804. The number of hydrogen-bond acceptors (Lipinski definition) is 4. The molecule has 6 nitrogen and oxygen atoms in total. The van der Waals surface area contributed by atoms with E-state index < -0.39 is 5.91 Å². The van der Waals surface area contributed by atoms with Crippen molar-refractivity contribution < 1.29 is 9.59 Å². The molecule has 7 heteroatoms. The maximum atomic E-state index is 11.8. The van der Waals surface area contributed by atoms with Crippen LogP contribution in [0.15, 0.2) is 0 Å². The molecule has 2 atom stereocenters. The topological polar surface area (TPSA) is 64.7 Å². The largest absolute Gasteiger partial charge is 0.346 e. The number of amides is 2. The standard InChI is InChI=1S/C13H22N4O2.ClH/c1-13(2-3-14-8-13)9-16-4-5-17-10(7-16)6-15-11(18)12(17)19;/h10,14H,2-9H2,1H3,(H,15,18);1H. The minimum absolute atomic E-state index is 0. The first-order valence-corrected chi connectivity index (χ1v) is 7.09. The van der Waals surface area contributed by atoms with Crippen molar-refractivity contribution in [1.82, 2.24) is 20.4 Å². The van der Waals surface area contributed by atoms with Gasteiger partial charge in [-0.05, 0) is 18.4 Å². The zero-order valence-corrected chi connectivity index (χ0v) is 12.7. The predicted octanol–water partition coefficient (Wildman–Crippen LogP) is -0.950. The van der Waals surface area contributed by atoms with E-state index >= 15 is 0 Å². The van der Waals surface area contributed by atoms with Crippen LogP contribution >= 0.6 is 12.4 Å². The van der Waals surface area contributed by atoms with Crippen molar-refractivity contribution in [3.8, 4) is 0 Å². The van der Waals surface area contributed by atoms with Gasteiger partial charge in [-0.1, -0.05) is 6.92 Å². The lowest BCUT2D eigenvalue weighted by Crippen LogP contribution is -2.65. The quantitative estimate of drug-likeness (QED) is 0.646. The van der Waals surface area contributed by atoms with E-state index in [0.29, 0.717) is 18.5 Å². The number of carbonyl (C=O) groups is 2. The summed E-state index contributed by atoms with van der Waals surface area (Å²) in [5, 5.41) is 6.11. The molecule has 3 rings (SSSR count). The van der Waals surface area contributed by atoms with Crippen LogP contribution in [0, 0.1) is 5.41 Å². The van der Waals surface area contributed by atoms with Crippen LogP contribution in [-0.2, 0) is 9.59 Å². The van der Waals surface area contributed by atoms with Gasteiger partial charge >= 0.3 is 11.8 Å². The average molecular weight is 303 g/mol. The highest BCUT2D eigenvalue weighted by Gasteiger charge is 2.39. The summed E-state index contributed by atoms with van der Waals surface area (Å²) in [6.07, 6.45) is 1.22. The van der Waals surface area contributed by atoms with Crippen molar-refractivity contribution in [3.05, 3.63) is 0 Å². The number of hydrogen-bond donors (Lipinski definition) is 2. The van der Waals surface area contributed by atoms with Gasteiger partial charge in [-0.3, -0.25) is 14.5 Å². The molecule has 114 valence electrons. The summed E-state index contributed by atoms with van der Waals surface area (Å²) in [7, 11) is 0. The molecule has 0 radical (unpaired) electrons. The predicted molar refractivity (Wildman–Crippen MR) is 77.8 cm³/mol. The summed E-state index contributed by atoms with van der Waals surface area (Å²) >= 11 is 0. The van der Waals surface area contributed by atoms with E-state index in [1.807, 2.05) is 0 Å². The van der Waals surface area contributed by atoms with Gasteiger partial charge in [0.25, 0.3) is 0 Å². The van der Waals surface area contributed by atoms with E-state index in [2.05, 4.69) is 22.5 Å². The Bertz CT molecular complexity index is 398. The van der Waals surface area contributed by atoms with E-state index in [1.165, 1.54) is 6.42 Å². The molecule has 0 spiro atoms. The molecule has 3 fully saturated rings. The molecule has 2 amide bonds. The number of rotatable bonds is 2. The van der Waals surface area contributed by atoms with Crippen LogP contribution < -0.4 is 10.6 Å². The minimum atomic E-state index is -0.448. The second kappa shape index (κ2) is 5.87.